The van der Waals surface area contributed by atoms with E-state index in [1.807, 2.05) is 13.8 Å². The number of benzene rings is 3. The van der Waals surface area contributed by atoms with Crippen molar-refractivity contribution in [1.82, 2.24) is 10.2 Å². The molecule has 0 saturated heterocycles. The molecule has 0 aliphatic heterocycles. The van der Waals surface area contributed by atoms with Gasteiger partial charge in [0.15, 0.2) is 0 Å². The number of anilines is 1. The maximum absolute atomic E-state index is 14.2. The summed E-state index contributed by atoms with van der Waals surface area (Å²) >= 11 is 3.34. The topological polar surface area (TPSA) is 96.0 Å². The van der Waals surface area contributed by atoms with Crippen molar-refractivity contribution < 1.29 is 27.1 Å². The van der Waals surface area contributed by atoms with E-state index in [1.165, 1.54) is 29.2 Å². The first-order valence-electron chi connectivity index (χ1n) is 15.0. The van der Waals surface area contributed by atoms with Crippen LogP contribution in [0.4, 0.5) is 10.1 Å². The summed E-state index contributed by atoms with van der Waals surface area (Å²) in [5, 5.41) is 3.12. The van der Waals surface area contributed by atoms with Crippen LogP contribution in [0.1, 0.15) is 57.9 Å². The molecule has 1 aliphatic rings. The Kier molecular flexibility index (Phi) is 11.8. The number of nitrogens with one attached hydrogen (secondary N) is 1. The van der Waals surface area contributed by atoms with Gasteiger partial charge in [0.1, 0.15) is 24.2 Å². The second-order valence-electron chi connectivity index (χ2n) is 10.8. The summed E-state index contributed by atoms with van der Waals surface area (Å²) in [6.45, 7) is 3.56. The van der Waals surface area contributed by atoms with Gasteiger partial charge in [0.25, 0.3) is 10.0 Å². The zero-order valence-electron chi connectivity index (χ0n) is 25.0. The largest absolute Gasteiger partial charge is 0.494 e. The first kappa shape index (κ1) is 33.5. The second-order valence-corrected chi connectivity index (χ2v) is 13.6. The van der Waals surface area contributed by atoms with Crippen molar-refractivity contribution in [2.24, 2.45) is 0 Å². The van der Waals surface area contributed by atoms with E-state index in [0.717, 1.165) is 36.4 Å². The molecule has 1 saturated carbocycles. The van der Waals surface area contributed by atoms with E-state index in [4.69, 9.17) is 4.74 Å². The van der Waals surface area contributed by atoms with Crippen molar-refractivity contribution >= 4 is 43.5 Å². The number of nitrogens with zero attached hydrogens (tertiary/aromatic N) is 2. The van der Waals surface area contributed by atoms with Gasteiger partial charge in [-0.2, -0.15) is 0 Å². The van der Waals surface area contributed by atoms with Crippen molar-refractivity contribution in [3.63, 3.8) is 0 Å². The molecule has 1 atom stereocenters. The summed E-state index contributed by atoms with van der Waals surface area (Å²) in [7, 11) is -4.20. The van der Waals surface area contributed by atoms with Gasteiger partial charge in [-0.15, -0.1) is 0 Å². The molecule has 0 radical (unpaired) electrons. The smallest absolute Gasteiger partial charge is 0.264 e. The highest BCUT2D eigenvalue weighted by Crippen LogP contribution is 2.28. The standard InChI is InChI=1S/C33H39BrFN3O5S/c1-3-31(33(40)36-27-8-6-5-7-9-27)37(22-24-10-14-26(35)15-11-24)32(39)23-38(28-16-18-29(19-17-28)43-4-2)44(41,42)30-20-12-25(34)13-21-30/h10-21,27,31H,3-9,22-23H2,1-2H3,(H,36,40)/t31-/m0/s1. The molecule has 3 aromatic rings. The number of ether oxygens (including phenoxy) is 1. The van der Waals surface area contributed by atoms with Crippen LogP contribution in [0.15, 0.2) is 82.2 Å². The van der Waals surface area contributed by atoms with Gasteiger partial charge in [-0.3, -0.25) is 13.9 Å². The second kappa shape index (κ2) is 15.5. The molecule has 2 amide bonds. The van der Waals surface area contributed by atoms with Crippen LogP contribution in [0.2, 0.25) is 0 Å². The Labute approximate surface area is 267 Å². The molecule has 0 unspecified atom stereocenters. The summed E-state index contributed by atoms with van der Waals surface area (Å²) in [6, 6.07) is 17.5. The number of amides is 2. The first-order chi connectivity index (χ1) is 21.1. The minimum Gasteiger partial charge on any atom is -0.494 e. The Morgan fingerprint density at radius 3 is 2.18 bits per heavy atom. The predicted octanol–water partition coefficient (Wildman–Crippen LogP) is 6.44. The molecule has 0 spiro atoms. The Morgan fingerprint density at radius 1 is 0.955 bits per heavy atom. The molecule has 11 heteroatoms. The molecule has 4 rings (SSSR count). The molecule has 236 valence electrons. The van der Waals surface area contributed by atoms with E-state index in [2.05, 4.69) is 21.2 Å². The lowest BCUT2D eigenvalue weighted by Crippen LogP contribution is -2.54. The van der Waals surface area contributed by atoms with E-state index in [-0.39, 0.29) is 29.1 Å². The van der Waals surface area contributed by atoms with Gasteiger partial charge in [0, 0.05) is 17.1 Å². The molecule has 44 heavy (non-hydrogen) atoms. The molecule has 1 fully saturated rings. The van der Waals surface area contributed by atoms with Gasteiger partial charge in [-0.1, -0.05) is 54.2 Å². The quantitative estimate of drug-likeness (QED) is 0.223. The molecule has 1 N–H and O–H groups in total. The van der Waals surface area contributed by atoms with Crippen molar-refractivity contribution in [3.05, 3.63) is 88.6 Å². The Hall–Kier alpha value is -3.44. The van der Waals surface area contributed by atoms with Crippen LogP contribution in [0, 0.1) is 5.82 Å². The summed E-state index contributed by atoms with van der Waals surface area (Å²) in [5.74, 6) is -0.698. The number of carbonyl (C=O) groups is 2. The van der Waals surface area contributed by atoms with Gasteiger partial charge in [-0.25, -0.2) is 12.8 Å². The number of hydrogen-bond donors (Lipinski definition) is 1. The monoisotopic (exact) mass is 687 g/mol. The minimum atomic E-state index is -4.20. The number of sulfonamides is 1. The molecule has 0 bridgehead atoms. The van der Waals surface area contributed by atoms with Gasteiger partial charge < -0.3 is 15.0 Å². The van der Waals surface area contributed by atoms with Gasteiger partial charge in [0.05, 0.1) is 17.2 Å². The van der Waals surface area contributed by atoms with Gasteiger partial charge in [-0.05, 0) is 92.4 Å². The van der Waals surface area contributed by atoms with E-state index in [9.17, 15) is 22.4 Å². The molecular formula is C33H39BrFN3O5S. The molecule has 1 aliphatic carbocycles. The van der Waals surface area contributed by atoms with E-state index >= 15 is 0 Å². The number of rotatable bonds is 13. The fraction of sp³-hybridized carbons (Fsp3) is 0.394. The molecule has 3 aromatic carbocycles. The van der Waals surface area contributed by atoms with Crippen molar-refractivity contribution in [2.75, 3.05) is 17.5 Å². The lowest BCUT2D eigenvalue weighted by molar-refractivity contribution is -0.140. The molecular weight excluding hydrogens is 649 g/mol. The Bertz CT molecular complexity index is 1500. The van der Waals surface area contributed by atoms with Crippen molar-refractivity contribution in [3.8, 4) is 5.75 Å². The van der Waals surface area contributed by atoms with Crippen LogP contribution < -0.4 is 14.4 Å². The highest BCUT2D eigenvalue weighted by molar-refractivity contribution is 9.10. The van der Waals surface area contributed by atoms with E-state index in [0.29, 0.717) is 28.8 Å². The zero-order chi connectivity index (χ0) is 31.7. The zero-order valence-corrected chi connectivity index (χ0v) is 27.4. The molecule has 0 aromatic heterocycles. The number of halogens is 2. The maximum atomic E-state index is 14.2. The Morgan fingerprint density at radius 2 is 1.59 bits per heavy atom. The average molecular weight is 689 g/mol. The SMILES string of the molecule is CCOc1ccc(N(CC(=O)N(Cc2ccc(F)cc2)[C@@H](CC)C(=O)NC2CCCCC2)S(=O)(=O)c2ccc(Br)cc2)cc1. The van der Waals surface area contributed by atoms with Crippen LogP contribution in [0.5, 0.6) is 5.75 Å². The fourth-order valence-electron chi connectivity index (χ4n) is 5.39. The van der Waals surface area contributed by atoms with Crippen LogP contribution in [0.25, 0.3) is 0 Å². The van der Waals surface area contributed by atoms with Crippen LogP contribution >= 0.6 is 15.9 Å². The lowest BCUT2D eigenvalue weighted by atomic mass is 9.95. The van der Waals surface area contributed by atoms with Crippen LogP contribution in [0.3, 0.4) is 0 Å². The van der Waals surface area contributed by atoms with Crippen molar-refractivity contribution in [1.29, 1.82) is 0 Å². The van der Waals surface area contributed by atoms with Crippen LogP contribution in [-0.4, -0.2) is 50.4 Å². The highest BCUT2D eigenvalue weighted by atomic mass is 79.9. The van der Waals surface area contributed by atoms with Crippen molar-refractivity contribution in [2.45, 2.75) is 75.9 Å². The van der Waals surface area contributed by atoms with Gasteiger partial charge >= 0.3 is 0 Å². The average Bonchev–Trinajstić information content (AvgIpc) is 3.02. The summed E-state index contributed by atoms with van der Waals surface area (Å²) in [4.78, 5) is 29.3. The van der Waals surface area contributed by atoms with Crippen LogP contribution in [-0.2, 0) is 26.2 Å². The van der Waals surface area contributed by atoms with Gasteiger partial charge in [0.2, 0.25) is 11.8 Å². The number of carbonyl (C=O) groups excluding carboxylic acids is 2. The normalized spacial score (nSPS) is 14.5. The predicted molar refractivity (Wildman–Crippen MR) is 172 cm³/mol. The lowest BCUT2D eigenvalue weighted by Gasteiger charge is -2.34. The molecule has 8 nitrogen and oxygen atoms in total. The number of hydrogen-bond acceptors (Lipinski definition) is 5. The van der Waals surface area contributed by atoms with E-state index in [1.54, 1.807) is 48.5 Å². The summed E-state index contributed by atoms with van der Waals surface area (Å²) in [6.07, 6.45) is 5.27. The fourth-order valence-corrected chi connectivity index (χ4v) is 7.07. The molecule has 0 heterocycles. The third-order valence-corrected chi connectivity index (χ3v) is 10.0. The van der Waals surface area contributed by atoms with E-state index < -0.39 is 34.3 Å². The summed E-state index contributed by atoms with van der Waals surface area (Å²) < 4.78 is 49.1. The third-order valence-electron chi connectivity index (χ3n) is 7.72. The minimum absolute atomic E-state index is 0.00511. The summed E-state index contributed by atoms with van der Waals surface area (Å²) in [5.41, 5.74) is 0.887. The maximum Gasteiger partial charge on any atom is 0.264 e. The Balaban J connectivity index is 1.70. The highest BCUT2D eigenvalue weighted by Gasteiger charge is 2.34. The first-order valence-corrected chi connectivity index (χ1v) is 17.2. The third kappa shape index (κ3) is 8.59.